The summed E-state index contributed by atoms with van der Waals surface area (Å²) in [5.41, 5.74) is 0.653. The molecule has 0 aromatic heterocycles. The quantitative estimate of drug-likeness (QED) is 0.764. The van der Waals surface area contributed by atoms with Crippen LogP contribution in [0.3, 0.4) is 0 Å². The number of aliphatic carboxylic acids is 1. The fraction of sp³-hybridized carbons (Fsp3) is 0.467. The molecule has 1 aromatic carbocycles. The average Bonchev–Trinajstić information content (AvgIpc) is 2.41. The van der Waals surface area contributed by atoms with Gasteiger partial charge in [-0.15, -0.1) is 0 Å². The van der Waals surface area contributed by atoms with Crippen LogP contribution in [0.15, 0.2) is 24.3 Å². The zero-order valence-corrected chi connectivity index (χ0v) is 12.6. The van der Waals surface area contributed by atoms with Gasteiger partial charge < -0.3 is 15.2 Å². The highest BCUT2D eigenvalue weighted by Gasteiger charge is 2.22. The van der Waals surface area contributed by atoms with Crippen LogP contribution in [0.2, 0.25) is 0 Å². The van der Waals surface area contributed by atoms with Gasteiger partial charge in [0.15, 0.2) is 0 Å². The van der Waals surface area contributed by atoms with Crippen LogP contribution < -0.4 is 10.1 Å². The third kappa shape index (κ3) is 5.43. The predicted octanol–water partition coefficient (Wildman–Crippen LogP) is 1.82. The molecule has 0 radical (unpaired) electrons. The SMILES string of the molecule is CCOc1ccc(NC(=O)CN(C)C(CC)C(=O)O)cc1. The van der Waals surface area contributed by atoms with Gasteiger partial charge in [0.25, 0.3) is 0 Å². The molecule has 0 bridgehead atoms. The van der Waals surface area contributed by atoms with E-state index in [9.17, 15) is 9.59 Å². The molecule has 0 spiro atoms. The van der Waals surface area contributed by atoms with Crippen LogP contribution in [-0.4, -0.2) is 48.1 Å². The van der Waals surface area contributed by atoms with Gasteiger partial charge in [0, 0.05) is 5.69 Å². The van der Waals surface area contributed by atoms with Gasteiger partial charge in [-0.2, -0.15) is 0 Å². The number of anilines is 1. The number of benzene rings is 1. The van der Waals surface area contributed by atoms with Crippen LogP contribution in [-0.2, 0) is 9.59 Å². The van der Waals surface area contributed by atoms with Crippen LogP contribution in [0, 0.1) is 0 Å². The van der Waals surface area contributed by atoms with E-state index in [0.29, 0.717) is 18.7 Å². The first-order valence-electron chi connectivity index (χ1n) is 6.93. The van der Waals surface area contributed by atoms with Crippen LogP contribution in [0.5, 0.6) is 5.75 Å². The number of ether oxygens (including phenoxy) is 1. The molecule has 0 aliphatic carbocycles. The Morgan fingerprint density at radius 1 is 1.29 bits per heavy atom. The van der Waals surface area contributed by atoms with Crippen molar-refractivity contribution < 1.29 is 19.4 Å². The molecule has 1 atom stereocenters. The van der Waals surface area contributed by atoms with Crippen molar-refractivity contribution in [3.63, 3.8) is 0 Å². The van der Waals surface area contributed by atoms with E-state index in [1.807, 2.05) is 6.92 Å². The molecule has 1 unspecified atom stereocenters. The second-order valence-corrected chi connectivity index (χ2v) is 4.68. The summed E-state index contributed by atoms with van der Waals surface area (Å²) in [5.74, 6) is -0.431. The average molecular weight is 294 g/mol. The molecule has 0 saturated heterocycles. The monoisotopic (exact) mass is 294 g/mol. The number of hydrogen-bond acceptors (Lipinski definition) is 4. The van der Waals surface area contributed by atoms with Gasteiger partial charge in [0.1, 0.15) is 11.8 Å². The number of hydrogen-bond donors (Lipinski definition) is 2. The second-order valence-electron chi connectivity index (χ2n) is 4.68. The molecule has 0 aliphatic heterocycles. The summed E-state index contributed by atoms with van der Waals surface area (Å²) < 4.78 is 5.32. The fourth-order valence-electron chi connectivity index (χ4n) is 2.01. The van der Waals surface area contributed by atoms with Crippen molar-refractivity contribution in [1.29, 1.82) is 0 Å². The molecule has 0 aliphatic rings. The maximum Gasteiger partial charge on any atom is 0.320 e. The van der Waals surface area contributed by atoms with E-state index in [1.165, 1.54) is 4.90 Å². The lowest BCUT2D eigenvalue weighted by Crippen LogP contribution is -2.42. The van der Waals surface area contributed by atoms with E-state index >= 15 is 0 Å². The summed E-state index contributed by atoms with van der Waals surface area (Å²) in [4.78, 5) is 24.4. The number of amides is 1. The van der Waals surface area contributed by atoms with Crippen molar-refractivity contribution in [2.24, 2.45) is 0 Å². The van der Waals surface area contributed by atoms with E-state index < -0.39 is 12.0 Å². The van der Waals surface area contributed by atoms with Crippen LogP contribution in [0.25, 0.3) is 0 Å². The summed E-state index contributed by atoms with van der Waals surface area (Å²) in [7, 11) is 1.63. The molecule has 1 rings (SSSR count). The van der Waals surface area contributed by atoms with Gasteiger partial charge in [-0.1, -0.05) is 6.92 Å². The molecule has 0 fully saturated rings. The fourth-order valence-corrected chi connectivity index (χ4v) is 2.01. The summed E-state index contributed by atoms with van der Waals surface area (Å²) in [6.07, 6.45) is 0.447. The maximum absolute atomic E-state index is 11.9. The minimum Gasteiger partial charge on any atom is -0.494 e. The van der Waals surface area contributed by atoms with E-state index in [0.717, 1.165) is 5.75 Å². The van der Waals surface area contributed by atoms with Crippen LogP contribution in [0.4, 0.5) is 5.69 Å². The predicted molar refractivity (Wildman–Crippen MR) is 80.6 cm³/mol. The molecule has 21 heavy (non-hydrogen) atoms. The van der Waals surface area contributed by atoms with Gasteiger partial charge in [0.2, 0.25) is 5.91 Å². The molecule has 0 heterocycles. The van der Waals surface area contributed by atoms with Gasteiger partial charge in [-0.05, 0) is 44.7 Å². The largest absolute Gasteiger partial charge is 0.494 e. The van der Waals surface area contributed by atoms with E-state index in [2.05, 4.69) is 5.32 Å². The molecule has 0 saturated carbocycles. The standard InChI is InChI=1S/C15H22N2O4/c1-4-13(15(19)20)17(3)10-14(18)16-11-6-8-12(9-7-11)21-5-2/h6-9,13H,4-5,10H2,1-3H3,(H,16,18)(H,19,20). The maximum atomic E-state index is 11.9. The Bertz CT molecular complexity index is 473. The molecular weight excluding hydrogens is 272 g/mol. The van der Waals surface area contributed by atoms with Gasteiger partial charge in [-0.3, -0.25) is 14.5 Å². The number of nitrogens with one attached hydrogen (secondary N) is 1. The number of nitrogens with zero attached hydrogens (tertiary/aromatic N) is 1. The molecule has 6 nitrogen and oxygen atoms in total. The Labute approximate surface area is 124 Å². The van der Waals surface area contributed by atoms with Gasteiger partial charge >= 0.3 is 5.97 Å². The summed E-state index contributed by atoms with van der Waals surface area (Å²) in [6, 6.07) is 6.38. The zero-order chi connectivity index (χ0) is 15.8. The zero-order valence-electron chi connectivity index (χ0n) is 12.6. The molecule has 1 aromatic rings. The molecule has 1 amide bonds. The first-order chi connectivity index (χ1) is 9.97. The number of carboxylic acids is 1. The third-order valence-corrected chi connectivity index (χ3v) is 3.05. The van der Waals surface area contributed by atoms with Crippen molar-refractivity contribution in [2.75, 3.05) is 25.5 Å². The Kier molecular flexibility index (Phi) is 6.68. The van der Waals surface area contributed by atoms with Crippen LogP contribution >= 0.6 is 0 Å². The Balaban J connectivity index is 2.54. The number of carbonyl (C=O) groups is 2. The second kappa shape index (κ2) is 8.26. The van der Waals surface area contributed by atoms with Crippen molar-refractivity contribution >= 4 is 17.6 Å². The number of carboxylic acid groups (broad SMARTS) is 1. The Hall–Kier alpha value is -2.08. The van der Waals surface area contributed by atoms with Crippen molar-refractivity contribution in [3.05, 3.63) is 24.3 Å². The number of rotatable bonds is 8. The highest BCUT2D eigenvalue weighted by atomic mass is 16.5. The van der Waals surface area contributed by atoms with E-state index in [4.69, 9.17) is 9.84 Å². The van der Waals surface area contributed by atoms with E-state index in [-0.39, 0.29) is 12.5 Å². The summed E-state index contributed by atoms with van der Waals surface area (Å²) >= 11 is 0. The van der Waals surface area contributed by atoms with E-state index in [1.54, 1.807) is 38.2 Å². The smallest absolute Gasteiger partial charge is 0.320 e. The Morgan fingerprint density at radius 2 is 1.90 bits per heavy atom. The Morgan fingerprint density at radius 3 is 2.38 bits per heavy atom. The summed E-state index contributed by atoms with van der Waals surface area (Å²) in [5, 5.41) is 11.8. The molecule has 116 valence electrons. The highest BCUT2D eigenvalue weighted by Crippen LogP contribution is 2.15. The first kappa shape index (κ1) is 17.0. The third-order valence-electron chi connectivity index (χ3n) is 3.05. The lowest BCUT2D eigenvalue weighted by atomic mass is 10.2. The lowest BCUT2D eigenvalue weighted by Gasteiger charge is -2.22. The number of carbonyl (C=O) groups excluding carboxylic acids is 1. The van der Waals surface area contributed by atoms with Crippen molar-refractivity contribution in [3.8, 4) is 5.75 Å². The van der Waals surface area contributed by atoms with Crippen molar-refractivity contribution in [1.82, 2.24) is 4.90 Å². The highest BCUT2D eigenvalue weighted by molar-refractivity contribution is 5.92. The first-order valence-corrected chi connectivity index (χ1v) is 6.93. The minimum atomic E-state index is -0.922. The van der Waals surface area contributed by atoms with Crippen molar-refractivity contribution in [2.45, 2.75) is 26.3 Å². The van der Waals surface area contributed by atoms with Crippen LogP contribution in [0.1, 0.15) is 20.3 Å². The van der Waals surface area contributed by atoms with Gasteiger partial charge in [0.05, 0.1) is 13.2 Å². The normalized spacial score (nSPS) is 12.0. The number of likely N-dealkylation sites (N-methyl/N-ethyl adjacent to an activating group) is 1. The lowest BCUT2D eigenvalue weighted by molar-refractivity contribution is -0.143. The van der Waals surface area contributed by atoms with Gasteiger partial charge in [-0.25, -0.2) is 0 Å². The molecule has 6 heteroatoms. The summed E-state index contributed by atoms with van der Waals surface area (Å²) in [6.45, 7) is 4.29. The minimum absolute atomic E-state index is 0.0258. The molecular formula is C15H22N2O4. The topological polar surface area (TPSA) is 78.9 Å². The molecule has 2 N–H and O–H groups in total.